The Morgan fingerprint density at radius 2 is 0.926 bits per heavy atom. The fraction of sp³-hybridized carbons (Fsp3) is 0.833. The Labute approximate surface area is 187 Å². The predicted molar refractivity (Wildman–Crippen MR) is 131 cm³/mol. The highest BCUT2D eigenvalue weighted by atomic mass is 79.9. The van der Waals surface area contributed by atoms with Crippen LogP contribution >= 0.6 is 31.9 Å². The molecule has 27 heavy (non-hydrogen) atoms. The molecule has 0 saturated heterocycles. The smallest absolute Gasteiger partial charge is 0.0581 e. The largest absolute Gasteiger partial charge is 0.375 e. The average Bonchev–Trinajstić information content (AvgIpc) is 2.68. The van der Waals surface area contributed by atoms with Crippen molar-refractivity contribution in [3.05, 3.63) is 25.3 Å². The number of allylic oxidation sites excluding steroid dienone is 2. The van der Waals surface area contributed by atoms with Crippen molar-refractivity contribution in [1.29, 1.82) is 0 Å². The van der Waals surface area contributed by atoms with Crippen molar-refractivity contribution in [2.75, 3.05) is 10.7 Å². The molecule has 0 fully saturated rings. The maximum absolute atomic E-state index is 6.60. The van der Waals surface area contributed by atoms with Gasteiger partial charge in [0.1, 0.15) is 0 Å². The molecule has 0 aromatic rings. The molecule has 2 atom stereocenters. The molecule has 0 bridgehead atoms. The number of alkyl halides is 2. The first kappa shape index (κ1) is 27.4. The van der Waals surface area contributed by atoms with Gasteiger partial charge in [-0.25, -0.2) is 0 Å². The van der Waals surface area contributed by atoms with Crippen molar-refractivity contribution in [3.63, 3.8) is 0 Å². The van der Waals surface area contributed by atoms with Crippen LogP contribution in [0.2, 0.25) is 0 Å². The van der Waals surface area contributed by atoms with Gasteiger partial charge < -0.3 is 4.74 Å². The second-order valence-corrected chi connectivity index (χ2v) is 9.19. The highest BCUT2D eigenvalue weighted by molar-refractivity contribution is 9.09. The summed E-state index contributed by atoms with van der Waals surface area (Å²) in [6.07, 6.45) is 25.0. The Morgan fingerprint density at radius 3 is 1.30 bits per heavy atom. The van der Waals surface area contributed by atoms with E-state index in [1.54, 1.807) is 0 Å². The highest BCUT2D eigenvalue weighted by Gasteiger charge is 2.16. The first-order valence-electron chi connectivity index (χ1n) is 11.3. The van der Waals surface area contributed by atoms with Crippen molar-refractivity contribution in [2.24, 2.45) is 0 Å². The van der Waals surface area contributed by atoms with Crippen molar-refractivity contribution in [1.82, 2.24) is 0 Å². The molecule has 160 valence electrons. The summed E-state index contributed by atoms with van der Waals surface area (Å²) in [5, 5.41) is 2.28. The summed E-state index contributed by atoms with van der Waals surface area (Å²) in [7, 11) is 0. The molecule has 0 aromatic carbocycles. The Morgan fingerprint density at radius 1 is 0.556 bits per heavy atom. The molecule has 0 aromatic heterocycles. The third-order valence-electron chi connectivity index (χ3n) is 5.09. The van der Waals surface area contributed by atoms with Crippen molar-refractivity contribution >= 4 is 31.9 Å². The number of hydrogen-bond acceptors (Lipinski definition) is 1. The summed E-state index contributed by atoms with van der Waals surface area (Å²) in [5.41, 5.74) is 0. The maximum Gasteiger partial charge on any atom is 0.0581 e. The van der Waals surface area contributed by atoms with Gasteiger partial charge in [-0.2, -0.15) is 0 Å². The lowest BCUT2D eigenvalue weighted by Crippen LogP contribution is -2.22. The third-order valence-corrected chi connectivity index (χ3v) is 6.21. The summed E-state index contributed by atoms with van der Waals surface area (Å²) < 4.78 is 6.60. The van der Waals surface area contributed by atoms with Crippen LogP contribution in [-0.2, 0) is 4.74 Å². The normalized spacial score (nSPS) is 13.4. The van der Waals surface area contributed by atoms with Crippen LogP contribution in [0.5, 0.6) is 0 Å². The molecule has 0 rings (SSSR count). The molecule has 0 spiro atoms. The monoisotopic (exact) mass is 506 g/mol. The van der Waals surface area contributed by atoms with E-state index in [4.69, 9.17) is 4.74 Å². The maximum atomic E-state index is 6.60. The van der Waals surface area contributed by atoms with Gasteiger partial charge in [0.2, 0.25) is 0 Å². The Bertz CT molecular complexity index is 290. The highest BCUT2D eigenvalue weighted by Crippen LogP contribution is 2.21. The summed E-state index contributed by atoms with van der Waals surface area (Å²) >= 11 is 7.03. The van der Waals surface area contributed by atoms with E-state index in [0.29, 0.717) is 12.2 Å². The Balaban J connectivity index is 4.24. The van der Waals surface area contributed by atoms with Gasteiger partial charge in [-0.15, -0.1) is 13.2 Å². The van der Waals surface area contributed by atoms with Crippen LogP contribution in [0.15, 0.2) is 25.3 Å². The molecule has 0 aliphatic carbocycles. The topological polar surface area (TPSA) is 9.23 Å². The fourth-order valence-electron chi connectivity index (χ4n) is 3.43. The quantitative estimate of drug-likeness (QED) is 0.0805. The molecule has 0 aliphatic rings. The minimum absolute atomic E-state index is 0.405. The third kappa shape index (κ3) is 19.5. The average molecular weight is 508 g/mol. The van der Waals surface area contributed by atoms with Gasteiger partial charge in [0.15, 0.2) is 0 Å². The second-order valence-electron chi connectivity index (χ2n) is 7.60. The van der Waals surface area contributed by atoms with Crippen LogP contribution in [0.25, 0.3) is 0 Å². The number of rotatable bonds is 22. The van der Waals surface area contributed by atoms with Gasteiger partial charge in [-0.1, -0.05) is 95.4 Å². The van der Waals surface area contributed by atoms with Crippen LogP contribution in [-0.4, -0.2) is 22.9 Å². The van der Waals surface area contributed by atoms with Crippen LogP contribution in [0, 0.1) is 0 Å². The SMILES string of the molecule is C=CCCC(CCCCCCCBr)OC(CCC=C)CCCCCCCBr. The lowest BCUT2D eigenvalue weighted by atomic mass is 10.0. The molecule has 0 radical (unpaired) electrons. The Hall–Kier alpha value is 0.400. The first-order valence-corrected chi connectivity index (χ1v) is 13.5. The van der Waals surface area contributed by atoms with Crippen LogP contribution in [0.3, 0.4) is 0 Å². The molecule has 0 saturated carbocycles. The Kier molecular flexibility index (Phi) is 23.0. The van der Waals surface area contributed by atoms with Gasteiger partial charge in [0.25, 0.3) is 0 Å². The van der Waals surface area contributed by atoms with E-state index >= 15 is 0 Å². The van der Waals surface area contributed by atoms with E-state index in [-0.39, 0.29) is 0 Å². The van der Waals surface area contributed by atoms with E-state index in [0.717, 1.165) is 36.3 Å². The van der Waals surface area contributed by atoms with Crippen molar-refractivity contribution in [3.8, 4) is 0 Å². The predicted octanol–water partition coefficient (Wildman–Crippen LogP) is 9.14. The summed E-state index contributed by atoms with van der Waals surface area (Å²) in [5.74, 6) is 0. The minimum Gasteiger partial charge on any atom is -0.375 e. The van der Waals surface area contributed by atoms with Crippen molar-refractivity contribution < 1.29 is 4.74 Å². The van der Waals surface area contributed by atoms with E-state index in [2.05, 4.69) is 45.0 Å². The number of unbranched alkanes of at least 4 members (excludes halogenated alkanes) is 8. The first-order chi connectivity index (χ1) is 13.3. The zero-order valence-electron chi connectivity index (χ0n) is 17.6. The van der Waals surface area contributed by atoms with Gasteiger partial charge in [0, 0.05) is 10.7 Å². The minimum atomic E-state index is 0.405. The van der Waals surface area contributed by atoms with Gasteiger partial charge in [0.05, 0.1) is 12.2 Å². The second kappa shape index (κ2) is 22.7. The summed E-state index contributed by atoms with van der Waals surface area (Å²) in [6.45, 7) is 7.80. The zero-order chi connectivity index (χ0) is 20.0. The van der Waals surface area contributed by atoms with Gasteiger partial charge in [-0.05, 0) is 51.4 Å². The molecule has 1 nitrogen and oxygen atoms in total. The summed E-state index contributed by atoms with van der Waals surface area (Å²) in [6, 6.07) is 0. The number of hydrogen-bond donors (Lipinski definition) is 0. The van der Waals surface area contributed by atoms with E-state index in [1.165, 1.54) is 77.0 Å². The van der Waals surface area contributed by atoms with Crippen molar-refractivity contribution in [2.45, 2.75) is 115 Å². The summed E-state index contributed by atoms with van der Waals surface area (Å²) in [4.78, 5) is 0. The molecule has 2 unspecified atom stereocenters. The number of ether oxygens (including phenoxy) is 1. The lowest BCUT2D eigenvalue weighted by molar-refractivity contribution is -0.0293. The molecular formula is C24H44Br2O. The van der Waals surface area contributed by atoms with Crippen LogP contribution in [0.1, 0.15) is 103 Å². The molecular weight excluding hydrogens is 464 g/mol. The molecule has 0 heterocycles. The standard InChI is InChI=1S/C24H44Br2O/c1-3-5-17-23(19-13-9-7-11-15-21-25)27-24(18-6-4-2)20-14-10-8-12-16-22-26/h3-4,23-24H,1-2,5-22H2. The van der Waals surface area contributed by atoms with E-state index < -0.39 is 0 Å². The molecule has 0 N–H and O–H groups in total. The molecule has 0 aliphatic heterocycles. The fourth-order valence-corrected chi connectivity index (χ4v) is 4.23. The number of halogens is 2. The van der Waals surface area contributed by atoms with Gasteiger partial charge >= 0.3 is 0 Å². The van der Waals surface area contributed by atoms with Crippen LogP contribution in [0.4, 0.5) is 0 Å². The zero-order valence-corrected chi connectivity index (χ0v) is 20.8. The van der Waals surface area contributed by atoms with Crippen LogP contribution < -0.4 is 0 Å². The van der Waals surface area contributed by atoms with Gasteiger partial charge in [-0.3, -0.25) is 0 Å². The molecule has 0 amide bonds. The van der Waals surface area contributed by atoms with E-state index in [1.807, 2.05) is 12.2 Å². The van der Waals surface area contributed by atoms with E-state index in [9.17, 15) is 0 Å². The molecule has 3 heteroatoms. The lowest BCUT2D eigenvalue weighted by Gasteiger charge is -2.25.